The third-order valence-electron chi connectivity index (χ3n) is 6.28. The van der Waals surface area contributed by atoms with Crippen molar-refractivity contribution >= 4 is 52.3 Å². The number of likely N-dealkylation sites (N-methyl/N-ethyl adjacent to an activating group) is 2. The average Bonchev–Trinajstić information content (AvgIpc) is 2.76. The first-order valence-electron chi connectivity index (χ1n) is 15.2. The van der Waals surface area contributed by atoms with Crippen LogP contribution in [0.1, 0.15) is 19.8 Å². The summed E-state index contributed by atoms with van der Waals surface area (Å²) in [7, 11) is 1.81. The number of nitrogens with zero attached hydrogens (tertiary/aromatic N) is 2. The molecule has 1 atom stereocenters. The van der Waals surface area contributed by atoms with Crippen molar-refractivity contribution in [2.24, 2.45) is 0 Å². The van der Waals surface area contributed by atoms with E-state index in [0.29, 0.717) is 40.7 Å². The van der Waals surface area contributed by atoms with Crippen LogP contribution in [-0.4, -0.2) is 136 Å². The highest BCUT2D eigenvalue weighted by Crippen LogP contribution is 2.27. The number of esters is 1. The van der Waals surface area contributed by atoms with Crippen molar-refractivity contribution in [3.63, 3.8) is 0 Å². The van der Waals surface area contributed by atoms with Gasteiger partial charge in [0.2, 0.25) is 0 Å². The molecule has 0 saturated heterocycles. The molecule has 0 aromatic rings. The van der Waals surface area contributed by atoms with Crippen molar-refractivity contribution in [3.8, 4) is 0 Å². The second-order valence-corrected chi connectivity index (χ2v) is 28.4. The fraction of sp³-hybridized carbons (Fsp3) is 0.821. The van der Waals surface area contributed by atoms with E-state index in [1.54, 1.807) is 6.92 Å². The van der Waals surface area contributed by atoms with Crippen LogP contribution >= 0.6 is 0 Å². The molecule has 0 aromatic carbocycles. The maximum absolute atomic E-state index is 12.6. The van der Waals surface area contributed by atoms with Gasteiger partial charge in [0.15, 0.2) is 30.4 Å². The minimum atomic E-state index is -2.55. The SMILES string of the molecule is C=C(C)C(=O)OCC[N+](C)(C)CC(=O)NCCC[Si](C)(O[Si](C)C)O[Si](C)(C)O[Si](C)(C)CCCNC(=O)C[N+](C)(C)C. The lowest BCUT2D eigenvalue weighted by Crippen LogP contribution is -2.56. The number of nitrogens with one attached hydrogen (secondary N) is 2. The molecule has 1 radical (unpaired) electrons. The molecule has 0 fully saturated rings. The van der Waals surface area contributed by atoms with Crippen molar-refractivity contribution in [1.29, 1.82) is 0 Å². The molecule has 0 rings (SSSR count). The van der Waals surface area contributed by atoms with E-state index in [2.05, 4.69) is 63.0 Å². The van der Waals surface area contributed by atoms with Crippen LogP contribution in [0, 0.1) is 0 Å². The number of hydrogen-bond acceptors (Lipinski definition) is 7. The van der Waals surface area contributed by atoms with Crippen LogP contribution in [0.15, 0.2) is 12.2 Å². The predicted molar refractivity (Wildman–Crippen MR) is 183 cm³/mol. The van der Waals surface area contributed by atoms with Crippen LogP contribution < -0.4 is 10.6 Å². The highest BCUT2D eigenvalue weighted by Gasteiger charge is 2.43. The Bertz CT molecular complexity index is 927. The van der Waals surface area contributed by atoms with Crippen molar-refractivity contribution in [1.82, 2.24) is 10.6 Å². The summed E-state index contributed by atoms with van der Waals surface area (Å²) in [6.07, 6.45) is 1.63. The molecule has 2 amide bonds. The molecule has 11 nitrogen and oxygen atoms in total. The molecule has 0 aromatic heterocycles. The van der Waals surface area contributed by atoms with Gasteiger partial charge in [-0.05, 0) is 77.7 Å². The summed E-state index contributed by atoms with van der Waals surface area (Å²) in [6.45, 7) is 22.9. The molecule has 0 spiro atoms. The van der Waals surface area contributed by atoms with Crippen LogP contribution in [0.3, 0.4) is 0 Å². The Hall–Kier alpha value is -1.18. The maximum atomic E-state index is 12.6. The number of carbonyl (C=O) groups excluding carboxylic acids is 3. The minimum Gasteiger partial charge on any atom is -0.456 e. The van der Waals surface area contributed by atoms with Gasteiger partial charge in [0, 0.05) is 18.7 Å². The molecule has 15 heteroatoms. The third kappa shape index (κ3) is 22.0. The highest BCUT2D eigenvalue weighted by atomic mass is 28.5. The Balaban J connectivity index is 4.84. The van der Waals surface area contributed by atoms with Gasteiger partial charge < -0.3 is 36.7 Å². The Morgan fingerprint density at radius 2 is 1.33 bits per heavy atom. The zero-order valence-corrected chi connectivity index (χ0v) is 33.5. The summed E-state index contributed by atoms with van der Waals surface area (Å²) in [4.78, 5) is 36.4. The van der Waals surface area contributed by atoms with Gasteiger partial charge in [-0.25, -0.2) is 4.79 Å². The Morgan fingerprint density at radius 3 is 1.81 bits per heavy atom. The van der Waals surface area contributed by atoms with Gasteiger partial charge in [-0.15, -0.1) is 0 Å². The van der Waals surface area contributed by atoms with E-state index in [0.717, 1.165) is 24.9 Å². The average molecular weight is 680 g/mol. The topological polar surface area (TPSA) is 112 Å². The van der Waals surface area contributed by atoms with E-state index in [-0.39, 0.29) is 25.0 Å². The van der Waals surface area contributed by atoms with Crippen molar-refractivity contribution in [2.45, 2.75) is 77.7 Å². The standard InChI is InChI=1S/C28H61N4O7Si4/c1-25(2)28(35)36-20-19-32(6,7)24-27(34)30-18-16-22-43(14,37-40(8)9)39-42(12,13)38-41(10,11)21-15-17-29-26(33)23-31(3,4)5/h1,15-24H2,2-14H3/p+2. The van der Waals surface area contributed by atoms with E-state index in [1.807, 2.05) is 35.2 Å². The lowest BCUT2D eigenvalue weighted by molar-refractivity contribution is -0.882. The van der Waals surface area contributed by atoms with Crippen LogP contribution in [0.4, 0.5) is 0 Å². The van der Waals surface area contributed by atoms with Crippen LogP contribution in [-0.2, 0) is 31.5 Å². The molecule has 1 unspecified atom stereocenters. The highest BCUT2D eigenvalue weighted by molar-refractivity contribution is 6.87. The Morgan fingerprint density at radius 1 is 0.814 bits per heavy atom. The quantitative estimate of drug-likeness (QED) is 0.0595. The van der Waals surface area contributed by atoms with E-state index in [9.17, 15) is 14.4 Å². The molecule has 43 heavy (non-hydrogen) atoms. The number of quaternary nitrogens is 2. The Kier molecular flexibility index (Phi) is 17.6. The van der Waals surface area contributed by atoms with Crippen molar-refractivity contribution in [3.05, 3.63) is 12.2 Å². The first kappa shape index (κ1) is 41.8. The second-order valence-electron chi connectivity index (χ2n) is 14.6. The maximum Gasteiger partial charge on any atom is 0.333 e. The summed E-state index contributed by atoms with van der Waals surface area (Å²) < 4.78 is 26.2. The number of carbonyl (C=O) groups is 3. The largest absolute Gasteiger partial charge is 0.456 e. The summed E-state index contributed by atoms with van der Waals surface area (Å²) in [5.74, 6) is -0.386. The van der Waals surface area contributed by atoms with Gasteiger partial charge in [0.25, 0.3) is 11.8 Å². The number of amides is 2. The van der Waals surface area contributed by atoms with Crippen LogP contribution in [0.5, 0.6) is 0 Å². The fourth-order valence-electron chi connectivity index (χ4n) is 4.71. The number of ether oxygens (including phenoxy) is 1. The van der Waals surface area contributed by atoms with Gasteiger partial charge in [0.05, 0.1) is 35.2 Å². The van der Waals surface area contributed by atoms with Crippen LogP contribution in [0.25, 0.3) is 0 Å². The molecule has 0 aliphatic heterocycles. The molecule has 0 aliphatic rings. The summed E-state index contributed by atoms with van der Waals surface area (Å²) in [5.41, 5.74) is 0.364. The lowest BCUT2D eigenvalue weighted by Gasteiger charge is -2.40. The van der Waals surface area contributed by atoms with E-state index in [1.165, 1.54) is 0 Å². The molecule has 0 aliphatic carbocycles. The molecular formula is C28H63N4O7Si4+2. The van der Waals surface area contributed by atoms with Gasteiger partial charge >= 0.3 is 23.1 Å². The van der Waals surface area contributed by atoms with E-state index >= 15 is 0 Å². The smallest absolute Gasteiger partial charge is 0.333 e. The number of rotatable bonds is 22. The Labute approximate surface area is 267 Å². The summed E-state index contributed by atoms with van der Waals surface area (Å²) in [5, 5.41) is 6.06. The molecule has 2 N–H and O–H groups in total. The normalized spacial score (nSPS) is 14.3. The summed E-state index contributed by atoms with van der Waals surface area (Å²) >= 11 is 0. The lowest BCUT2D eigenvalue weighted by atomic mass is 10.3. The predicted octanol–water partition coefficient (Wildman–Crippen LogP) is 3.18. The summed E-state index contributed by atoms with van der Waals surface area (Å²) in [6, 6.07) is 1.70. The fourth-order valence-corrected chi connectivity index (χ4v) is 21.8. The zero-order chi connectivity index (χ0) is 33.7. The van der Waals surface area contributed by atoms with Gasteiger partial charge in [-0.3, -0.25) is 9.59 Å². The monoisotopic (exact) mass is 679 g/mol. The molecule has 0 heterocycles. The molecule has 0 saturated carbocycles. The van der Waals surface area contributed by atoms with Crippen molar-refractivity contribution < 1.29 is 40.4 Å². The molecule has 251 valence electrons. The van der Waals surface area contributed by atoms with E-state index < -0.39 is 40.4 Å². The first-order valence-corrected chi connectivity index (χ1v) is 26.1. The van der Waals surface area contributed by atoms with Crippen LogP contribution in [0.2, 0.25) is 57.9 Å². The van der Waals surface area contributed by atoms with Crippen molar-refractivity contribution in [2.75, 3.05) is 74.6 Å². The van der Waals surface area contributed by atoms with Gasteiger partial charge in [-0.2, -0.15) is 0 Å². The third-order valence-corrected chi connectivity index (χ3v) is 20.3. The molecular weight excluding hydrogens is 617 g/mol. The first-order chi connectivity index (χ1) is 19.4. The molecule has 0 bridgehead atoms. The minimum absolute atomic E-state index is 0.0448. The second kappa shape index (κ2) is 18.1. The van der Waals surface area contributed by atoms with Gasteiger partial charge in [0.1, 0.15) is 13.2 Å². The van der Waals surface area contributed by atoms with Gasteiger partial charge in [-0.1, -0.05) is 6.58 Å². The van der Waals surface area contributed by atoms with E-state index in [4.69, 9.17) is 17.1 Å². The number of hydrogen-bond donors (Lipinski definition) is 2. The zero-order valence-electron chi connectivity index (χ0n) is 29.5.